The van der Waals surface area contributed by atoms with E-state index in [0.29, 0.717) is 17.3 Å². The monoisotopic (exact) mass is 1550 g/mol. The van der Waals surface area contributed by atoms with Gasteiger partial charge in [0.15, 0.2) is 0 Å². The van der Waals surface area contributed by atoms with E-state index in [9.17, 15) is 0 Å². The van der Waals surface area contributed by atoms with Crippen molar-refractivity contribution in [1.29, 1.82) is 0 Å². The zero-order chi connectivity index (χ0) is 77.2. The SMILES string of the molecule is CCC(C)CC[Si](OC)(OC)OC.CCCCCC[Si](OC)(OC)OC.CCCCC[Si](OC)(OC)OC.CCCC[Si](OC)(OC)OC.CCC[Si](OC)(OC)OC.CO[Si](CCC(C)(C)C)(OC)OC.CO[Si](CCC(C)C)(OC)OC.CO[Si](CCCC(C)C)(OC)OC. The van der Waals surface area contributed by atoms with Gasteiger partial charge in [-0.15, -0.1) is 0 Å². The van der Waals surface area contributed by atoms with Crippen molar-refractivity contribution in [2.45, 2.75) is 241 Å². The Morgan fingerprint density at radius 2 is 0.433 bits per heavy atom. The quantitative estimate of drug-likeness (QED) is 0.0408. The van der Waals surface area contributed by atoms with Crippen LogP contribution in [-0.4, -0.2) is 241 Å². The first-order chi connectivity index (χ1) is 45.7. The summed E-state index contributed by atoms with van der Waals surface area (Å²) >= 11 is 0. The average molecular weight is 1550 g/mol. The molecule has 0 fully saturated rings. The van der Waals surface area contributed by atoms with Crippen LogP contribution in [0.4, 0.5) is 0 Å². The second-order valence-electron chi connectivity index (χ2n) is 24.8. The highest BCUT2D eigenvalue weighted by Crippen LogP contribution is 2.28. The highest BCUT2D eigenvalue weighted by Gasteiger charge is 2.42. The fraction of sp³-hybridized carbons (Fsp3) is 1.00. The molecule has 0 saturated carbocycles. The van der Waals surface area contributed by atoms with Gasteiger partial charge >= 0.3 is 70.4 Å². The first-order valence-corrected chi connectivity index (χ1v) is 50.4. The molecule has 32 heteroatoms. The lowest BCUT2D eigenvalue weighted by atomic mass is 9.94. The molecule has 0 N–H and O–H groups in total. The van der Waals surface area contributed by atoms with E-state index < -0.39 is 70.4 Å². The molecule has 0 aliphatic carbocycles. The van der Waals surface area contributed by atoms with Crippen LogP contribution in [-0.2, 0) is 106 Å². The number of hydrogen-bond donors (Lipinski definition) is 0. The van der Waals surface area contributed by atoms with E-state index in [4.69, 9.17) is 106 Å². The number of hydrogen-bond acceptors (Lipinski definition) is 24. The molecule has 0 radical (unpaired) electrons. The topological polar surface area (TPSA) is 222 Å². The summed E-state index contributed by atoms with van der Waals surface area (Å²) < 4.78 is 127. The fourth-order valence-corrected chi connectivity index (χ4v) is 24.0. The van der Waals surface area contributed by atoms with Crippen LogP contribution in [0.25, 0.3) is 0 Å². The largest absolute Gasteiger partial charge is 0.500 e. The first-order valence-electron chi connectivity index (χ1n) is 34.9. The van der Waals surface area contributed by atoms with Gasteiger partial charge in [-0.05, 0) is 68.1 Å². The molecule has 0 bridgehead atoms. The summed E-state index contributed by atoms with van der Waals surface area (Å²) in [6.07, 6.45) is 18.5. The Labute approximate surface area is 608 Å². The molecule has 24 nitrogen and oxygen atoms in total. The van der Waals surface area contributed by atoms with E-state index in [2.05, 4.69) is 90.0 Å². The minimum atomic E-state index is -2.33. The lowest BCUT2D eigenvalue weighted by Gasteiger charge is -2.27. The molecule has 0 aromatic heterocycles. The van der Waals surface area contributed by atoms with E-state index >= 15 is 0 Å². The first kappa shape index (κ1) is 114. The zero-order valence-corrected chi connectivity index (χ0v) is 78.0. The maximum Gasteiger partial charge on any atom is 0.500 e. The number of unbranched alkanes of at least 4 members (excludes halogenated alkanes) is 6. The van der Waals surface area contributed by atoms with Crippen LogP contribution < -0.4 is 0 Å². The molecule has 0 aliphatic heterocycles. The third-order valence-electron chi connectivity index (χ3n) is 16.4. The summed E-state index contributed by atoms with van der Waals surface area (Å²) in [5.41, 5.74) is 0.299. The maximum absolute atomic E-state index is 5.33. The molecule has 0 heterocycles. The molecule has 0 aromatic carbocycles. The van der Waals surface area contributed by atoms with Gasteiger partial charge in [0, 0.05) is 219 Å². The van der Waals surface area contributed by atoms with Crippen LogP contribution >= 0.6 is 0 Å². The van der Waals surface area contributed by atoms with Crippen molar-refractivity contribution in [3.05, 3.63) is 0 Å². The van der Waals surface area contributed by atoms with Gasteiger partial charge in [0.2, 0.25) is 0 Å². The summed E-state index contributed by atoms with van der Waals surface area (Å²) in [5.74, 6) is 2.11. The van der Waals surface area contributed by atoms with E-state index in [1.165, 1.54) is 44.9 Å². The molecule has 0 aromatic rings. The van der Waals surface area contributed by atoms with Gasteiger partial charge in [0.05, 0.1) is 0 Å². The zero-order valence-electron chi connectivity index (χ0n) is 70.0. The summed E-state index contributed by atoms with van der Waals surface area (Å²) in [6.45, 7) is 28.4. The molecule has 1 unspecified atom stereocenters. The predicted molar refractivity (Wildman–Crippen MR) is 413 cm³/mol. The van der Waals surface area contributed by atoms with Crippen molar-refractivity contribution in [1.82, 2.24) is 0 Å². The molecule has 0 rings (SSSR count). The van der Waals surface area contributed by atoms with Crippen LogP contribution in [0.3, 0.4) is 0 Å². The average Bonchev–Trinajstić information content (AvgIpc) is 1.60. The number of rotatable bonds is 51. The van der Waals surface area contributed by atoms with Gasteiger partial charge in [-0.25, -0.2) is 0 Å². The summed E-state index contributed by atoms with van der Waals surface area (Å²) in [6, 6.07) is 7.23. The van der Waals surface area contributed by atoms with E-state index in [1.807, 2.05) is 0 Å². The minimum Gasteiger partial charge on any atom is -0.377 e. The Morgan fingerprint density at radius 3 is 0.660 bits per heavy atom. The minimum absolute atomic E-state index is 0.299. The lowest BCUT2D eigenvalue weighted by Crippen LogP contribution is -2.43. The molecule has 97 heavy (non-hydrogen) atoms. The highest BCUT2D eigenvalue weighted by atomic mass is 28.4. The lowest BCUT2D eigenvalue weighted by molar-refractivity contribution is 0.119. The standard InChI is InChI=1S/4C9H22O3Si.2C8H20O3Si.C7H18O3Si.C6H16O3Si/c1-9(2,3)7-8-13(10-4,11-5)12-6;1-9(2)7-6-8-13(10-3,11-4)12-5;1-6-9(2)7-8-13(10-3,11-4)12-5;1-5-6-7-8-9-13(10-2,11-3)12-4;1-8(2)6-7-12(9-3,10-4)11-5;1-5-6-7-8-12(9-2,10-3)11-4;1-5-6-7-11(8-2,9-3)10-4;1-5-6-10(7-2,8-3)9-4/h7-8H2,1-6H3;2*9H,6-8H2,1-5H3;5-9H2,1-4H3;8H,6-7H2,1-5H3;5-8H2,1-4H3;5-7H2,1-4H3;5-6H2,1-4H3. The Bertz CT molecular complexity index is 1500. The molecule has 598 valence electrons. The summed E-state index contributed by atoms with van der Waals surface area (Å²) in [4.78, 5) is 0. The Hall–Kier alpha value is 0.775. The van der Waals surface area contributed by atoms with Gasteiger partial charge in [-0.3, -0.25) is 0 Å². The van der Waals surface area contributed by atoms with E-state index in [0.717, 1.165) is 112 Å². The molecular formula is C65H162O24Si8. The second-order valence-corrected chi connectivity index (χ2v) is 49.5. The second kappa shape index (κ2) is 71.1. The Kier molecular flexibility index (Phi) is 83.2. The van der Waals surface area contributed by atoms with Gasteiger partial charge < -0.3 is 106 Å². The van der Waals surface area contributed by atoms with Crippen LogP contribution in [0.1, 0.15) is 193 Å². The molecule has 0 amide bonds. The van der Waals surface area contributed by atoms with Gasteiger partial charge in [0.1, 0.15) is 0 Å². The van der Waals surface area contributed by atoms with Crippen LogP contribution in [0.2, 0.25) is 48.4 Å². The van der Waals surface area contributed by atoms with Crippen molar-refractivity contribution in [2.75, 3.05) is 171 Å². The van der Waals surface area contributed by atoms with Crippen LogP contribution in [0.15, 0.2) is 0 Å². The molecule has 0 aliphatic rings. The summed E-state index contributed by atoms with van der Waals surface area (Å²) in [5, 5.41) is 0. The Morgan fingerprint density at radius 1 is 0.216 bits per heavy atom. The molecule has 0 saturated heterocycles. The smallest absolute Gasteiger partial charge is 0.377 e. The summed E-state index contributed by atoms with van der Waals surface area (Å²) in [7, 11) is 21.5. The van der Waals surface area contributed by atoms with E-state index in [1.54, 1.807) is 171 Å². The maximum atomic E-state index is 5.33. The van der Waals surface area contributed by atoms with Crippen molar-refractivity contribution in [3.63, 3.8) is 0 Å². The normalized spacial score (nSPS) is 12.6. The van der Waals surface area contributed by atoms with Gasteiger partial charge in [-0.2, -0.15) is 0 Å². The third-order valence-corrected chi connectivity index (χ3v) is 39.0. The third kappa shape index (κ3) is 57.7. The van der Waals surface area contributed by atoms with Crippen molar-refractivity contribution in [2.24, 2.45) is 23.2 Å². The molecule has 1 atom stereocenters. The predicted octanol–water partition coefficient (Wildman–Crippen LogP) is 16.3. The molecule has 0 spiro atoms. The van der Waals surface area contributed by atoms with Crippen LogP contribution in [0, 0.1) is 23.2 Å². The van der Waals surface area contributed by atoms with Gasteiger partial charge in [-0.1, -0.05) is 148 Å². The van der Waals surface area contributed by atoms with Crippen molar-refractivity contribution >= 4 is 70.4 Å². The highest BCUT2D eigenvalue weighted by molar-refractivity contribution is 6.63. The van der Waals surface area contributed by atoms with Crippen molar-refractivity contribution in [3.8, 4) is 0 Å². The van der Waals surface area contributed by atoms with Gasteiger partial charge in [0.25, 0.3) is 0 Å². The van der Waals surface area contributed by atoms with Crippen LogP contribution in [0.5, 0.6) is 0 Å². The Balaban J connectivity index is -0.000000156. The van der Waals surface area contributed by atoms with E-state index in [-0.39, 0.29) is 0 Å². The van der Waals surface area contributed by atoms with Crippen molar-refractivity contribution < 1.29 is 106 Å². The molecular weight excluding hydrogens is 1390 g/mol. The fourth-order valence-electron chi connectivity index (χ4n) is 8.86.